The number of rotatable bonds is 2. The van der Waals surface area contributed by atoms with Crippen molar-refractivity contribution >= 4 is 11.8 Å². The Labute approximate surface area is 114 Å². The SMILES string of the molecule is COC(=O)c1nc(C)n(-c2ccc3c(c2)OCO3)c1N. The highest BCUT2D eigenvalue weighted by molar-refractivity contribution is 5.92. The van der Waals surface area contributed by atoms with E-state index < -0.39 is 5.97 Å². The Hall–Kier alpha value is -2.70. The maximum Gasteiger partial charge on any atom is 0.360 e. The van der Waals surface area contributed by atoms with Crippen LogP contribution < -0.4 is 15.2 Å². The highest BCUT2D eigenvalue weighted by atomic mass is 16.7. The number of methoxy groups -OCH3 is 1. The number of hydrogen-bond donors (Lipinski definition) is 1. The van der Waals surface area contributed by atoms with E-state index in [0.717, 1.165) is 5.69 Å². The van der Waals surface area contributed by atoms with E-state index in [1.54, 1.807) is 23.6 Å². The number of fused-ring (bicyclic) bond motifs is 1. The van der Waals surface area contributed by atoms with E-state index in [9.17, 15) is 4.79 Å². The highest BCUT2D eigenvalue weighted by Gasteiger charge is 2.21. The topological polar surface area (TPSA) is 88.6 Å². The molecule has 20 heavy (non-hydrogen) atoms. The lowest BCUT2D eigenvalue weighted by Crippen LogP contribution is -2.07. The standard InChI is InChI=1S/C13H13N3O4/c1-7-15-11(13(17)18-2)12(14)16(7)8-3-4-9-10(5-8)20-6-19-9/h3-5H,6,14H2,1-2H3. The van der Waals surface area contributed by atoms with Crippen LogP contribution in [0.2, 0.25) is 0 Å². The number of imidazole rings is 1. The zero-order valence-corrected chi connectivity index (χ0v) is 11.0. The lowest BCUT2D eigenvalue weighted by atomic mass is 10.2. The first-order valence-corrected chi connectivity index (χ1v) is 5.95. The lowest BCUT2D eigenvalue weighted by Gasteiger charge is -2.08. The van der Waals surface area contributed by atoms with Gasteiger partial charge in [-0.05, 0) is 19.1 Å². The number of aryl methyl sites for hydroxylation is 1. The molecule has 2 heterocycles. The molecule has 1 aliphatic rings. The monoisotopic (exact) mass is 275 g/mol. The molecule has 104 valence electrons. The van der Waals surface area contributed by atoms with Gasteiger partial charge >= 0.3 is 5.97 Å². The first-order chi connectivity index (χ1) is 9.61. The van der Waals surface area contributed by atoms with Crippen LogP contribution in [0.4, 0.5) is 5.82 Å². The molecule has 7 heteroatoms. The molecule has 0 unspecified atom stereocenters. The molecule has 1 aliphatic heterocycles. The first-order valence-electron chi connectivity index (χ1n) is 5.95. The van der Waals surface area contributed by atoms with Crippen molar-refractivity contribution in [2.75, 3.05) is 19.6 Å². The number of benzene rings is 1. The Morgan fingerprint density at radius 3 is 2.90 bits per heavy atom. The summed E-state index contributed by atoms with van der Waals surface area (Å²) in [6.45, 7) is 1.96. The molecule has 0 amide bonds. The Morgan fingerprint density at radius 1 is 1.40 bits per heavy atom. The van der Waals surface area contributed by atoms with Crippen molar-refractivity contribution in [1.29, 1.82) is 0 Å². The summed E-state index contributed by atoms with van der Waals surface area (Å²) < 4.78 is 16.9. The highest BCUT2D eigenvalue weighted by Crippen LogP contribution is 2.34. The summed E-state index contributed by atoms with van der Waals surface area (Å²) >= 11 is 0. The van der Waals surface area contributed by atoms with Gasteiger partial charge in [0.2, 0.25) is 6.79 Å². The molecule has 0 radical (unpaired) electrons. The van der Waals surface area contributed by atoms with Crippen molar-refractivity contribution in [2.45, 2.75) is 6.92 Å². The van der Waals surface area contributed by atoms with Crippen LogP contribution in [0.5, 0.6) is 11.5 Å². The van der Waals surface area contributed by atoms with E-state index in [2.05, 4.69) is 9.72 Å². The third-order valence-electron chi connectivity index (χ3n) is 3.07. The average molecular weight is 275 g/mol. The van der Waals surface area contributed by atoms with E-state index in [4.69, 9.17) is 15.2 Å². The normalized spacial score (nSPS) is 12.5. The van der Waals surface area contributed by atoms with Gasteiger partial charge in [-0.25, -0.2) is 9.78 Å². The molecule has 0 fully saturated rings. The number of esters is 1. The molecule has 1 aromatic heterocycles. The third kappa shape index (κ3) is 1.75. The van der Waals surface area contributed by atoms with Crippen LogP contribution in [0.15, 0.2) is 18.2 Å². The Balaban J connectivity index is 2.10. The van der Waals surface area contributed by atoms with Gasteiger partial charge in [-0.3, -0.25) is 4.57 Å². The number of ether oxygens (including phenoxy) is 3. The smallest absolute Gasteiger partial charge is 0.360 e. The number of nitrogens with two attached hydrogens (primary N) is 1. The van der Waals surface area contributed by atoms with Crippen molar-refractivity contribution in [3.63, 3.8) is 0 Å². The molecule has 0 spiro atoms. The predicted octanol–water partition coefficient (Wildman–Crippen LogP) is 1.28. The first kappa shape index (κ1) is 12.3. The van der Waals surface area contributed by atoms with Crippen molar-refractivity contribution in [1.82, 2.24) is 9.55 Å². The molecular formula is C13H13N3O4. The van der Waals surface area contributed by atoms with Crippen LogP contribution >= 0.6 is 0 Å². The van der Waals surface area contributed by atoms with E-state index in [0.29, 0.717) is 17.3 Å². The molecule has 0 aliphatic carbocycles. The summed E-state index contributed by atoms with van der Waals surface area (Å²) in [6.07, 6.45) is 0. The minimum Gasteiger partial charge on any atom is -0.464 e. The Bertz CT molecular complexity index is 693. The number of hydrogen-bond acceptors (Lipinski definition) is 6. The number of carbonyl (C=O) groups excluding carboxylic acids is 1. The summed E-state index contributed by atoms with van der Waals surface area (Å²) in [5.74, 6) is 1.56. The van der Waals surface area contributed by atoms with Gasteiger partial charge in [-0.2, -0.15) is 0 Å². The van der Waals surface area contributed by atoms with E-state index in [-0.39, 0.29) is 18.3 Å². The van der Waals surface area contributed by atoms with Crippen LogP contribution in [0.3, 0.4) is 0 Å². The number of anilines is 1. The maximum atomic E-state index is 11.6. The second kappa shape index (κ2) is 4.44. The largest absolute Gasteiger partial charge is 0.464 e. The van der Waals surface area contributed by atoms with Gasteiger partial charge in [0.25, 0.3) is 0 Å². The zero-order valence-electron chi connectivity index (χ0n) is 11.0. The van der Waals surface area contributed by atoms with Gasteiger partial charge in [0.1, 0.15) is 11.6 Å². The van der Waals surface area contributed by atoms with Crippen LogP contribution in [0.1, 0.15) is 16.3 Å². The molecule has 0 saturated heterocycles. The molecule has 3 rings (SSSR count). The molecule has 0 bridgehead atoms. The predicted molar refractivity (Wildman–Crippen MR) is 70.2 cm³/mol. The van der Waals surface area contributed by atoms with Gasteiger partial charge < -0.3 is 19.9 Å². The van der Waals surface area contributed by atoms with Gasteiger partial charge in [0.15, 0.2) is 17.2 Å². The van der Waals surface area contributed by atoms with Gasteiger partial charge in [0, 0.05) is 6.07 Å². The van der Waals surface area contributed by atoms with Crippen LogP contribution in [0, 0.1) is 6.92 Å². The number of carbonyl (C=O) groups is 1. The summed E-state index contributed by atoms with van der Waals surface area (Å²) in [5, 5.41) is 0. The second-order valence-corrected chi connectivity index (χ2v) is 4.26. The summed E-state index contributed by atoms with van der Waals surface area (Å²) in [4.78, 5) is 15.7. The number of aromatic nitrogens is 2. The van der Waals surface area contributed by atoms with E-state index in [1.165, 1.54) is 7.11 Å². The number of nitrogens with zero attached hydrogens (tertiary/aromatic N) is 2. The van der Waals surface area contributed by atoms with Gasteiger partial charge in [0.05, 0.1) is 12.8 Å². The minimum atomic E-state index is -0.565. The summed E-state index contributed by atoms with van der Waals surface area (Å²) in [7, 11) is 1.29. The lowest BCUT2D eigenvalue weighted by molar-refractivity contribution is 0.0596. The minimum absolute atomic E-state index is 0.0997. The molecule has 2 aromatic rings. The molecule has 0 atom stereocenters. The Morgan fingerprint density at radius 2 is 2.15 bits per heavy atom. The number of nitrogen functional groups attached to an aromatic ring is 1. The second-order valence-electron chi connectivity index (χ2n) is 4.26. The quantitative estimate of drug-likeness (QED) is 0.830. The fourth-order valence-electron chi connectivity index (χ4n) is 2.15. The molecule has 2 N–H and O–H groups in total. The van der Waals surface area contributed by atoms with Gasteiger partial charge in [-0.15, -0.1) is 0 Å². The van der Waals surface area contributed by atoms with Crippen molar-refractivity contribution in [3.05, 3.63) is 29.7 Å². The van der Waals surface area contributed by atoms with Crippen LogP contribution in [-0.2, 0) is 4.74 Å². The van der Waals surface area contributed by atoms with Crippen molar-refractivity contribution in [2.24, 2.45) is 0 Å². The maximum absolute atomic E-state index is 11.6. The molecular weight excluding hydrogens is 262 g/mol. The van der Waals surface area contributed by atoms with Crippen molar-refractivity contribution in [3.8, 4) is 17.2 Å². The molecule has 7 nitrogen and oxygen atoms in total. The summed E-state index contributed by atoms with van der Waals surface area (Å²) in [6, 6.07) is 5.39. The van der Waals surface area contributed by atoms with Gasteiger partial charge in [-0.1, -0.05) is 0 Å². The molecule has 1 aromatic carbocycles. The van der Waals surface area contributed by atoms with E-state index >= 15 is 0 Å². The Kier molecular flexibility index (Phi) is 2.74. The zero-order chi connectivity index (χ0) is 14.3. The van der Waals surface area contributed by atoms with Crippen LogP contribution in [-0.4, -0.2) is 29.4 Å². The van der Waals surface area contributed by atoms with E-state index in [1.807, 2.05) is 6.07 Å². The summed E-state index contributed by atoms with van der Waals surface area (Å²) in [5.41, 5.74) is 6.83. The van der Waals surface area contributed by atoms with Crippen LogP contribution in [0.25, 0.3) is 5.69 Å². The fourth-order valence-corrected chi connectivity index (χ4v) is 2.15. The van der Waals surface area contributed by atoms with Crippen molar-refractivity contribution < 1.29 is 19.0 Å². The molecule has 0 saturated carbocycles. The third-order valence-corrected chi connectivity index (χ3v) is 3.07. The fraction of sp³-hybridized carbons (Fsp3) is 0.231. The average Bonchev–Trinajstić information content (AvgIpc) is 3.01.